The Morgan fingerprint density at radius 2 is 2.12 bits per heavy atom. The number of halogens is 1. The second kappa shape index (κ2) is 8.88. The van der Waals surface area contributed by atoms with Crippen LogP contribution in [0.15, 0.2) is 35.5 Å². The smallest absolute Gasteiger partial charge is 0.190 e. The number of hydrogen-bond acceptors (Lipinski definition) is 3. The highest BCUT2D eigenvalue weighted by atomic mass is 127. The molecule has 2 heterocycles. The maximum absolute atomic E-state index is 11.5. The Hall–Kier alpha value is -1.29. The van der Waals surface area contributed by atoms with Crippen LogP contribution in [0.1, 0.15) is 12.0 Å². The number of nitrogens with one attached hydrogen (secondary N) is 3. The zero-order valence-electron chi connectivity index (χ0n) is 14.3. The lowest BCUT2D eigenvalue weighted by atomic mass is 10.1. The van der Waals surface area contributed by atoms with Crippen molar-refractivity contribution in [1.29, 1.82) is 0 Å². The molecule has 0 spiro atoms. The van der Waals surface area contributed by atoms with Crippen LogP contribution in [-0.4, -0.2) is 51.0 Å². The molecule has 25 heavy (non-hydrogen) atoms. The molecule has 1 aromatic heterocycles. The first-order valence-electron chi connectivity index (χ1n) is 8.27. The molecule has 8 heteroatoms. The molecule has 2 aromatic rings. The number of para-hydroxylation sites is 1. The van der Waals surface area contributed by atoms with Gasteiger partial charge in [0.2, 0.25) is 0 Å². The molecule has 1 aliphatic heterocycles. The summed E-state index contributed by atoms with van der Waals surface area (Å²) in [6, 6.07) is 8.26. The molecule has 0 bridgehead atoms. The Morgan fingerprint density at radius 1 is 1.32 bits per heavy atom. The highest BCUT2D eigenvalue weighted by molar-refractivity contribution is 14.0. The first-order valence-corrected chi connectivity index (χ1v) is 10.1. The molecular weight excluding hydrogens is 451 g/mol. The van der Waals surface area contributed by atoms with Crippen LogP contribution >= 0.6 is 24.0 Å². The average Bonchev–Trinajstić information content (AvgIpc) is 3.14. The van der Waals surface area contributed by atoms with Gasteiger partial charge in [-0.25, -0.2) is 8.42 Å². The minimum Gasteiger partial charge on any atom is -0.361 e. The third-order valence-electron chi connectivity index (χ3n) is 4.47. The van der Waals surface area contributed by atoms with Crippen molar-refractivity contribution in [3.05, 3.63) is 36.0 Å². The molecule has 0 aliphatic carbocycles. The lowest BCUT2D eigenvalue weighted by molar-refractivity contribution is 0.567. The highest BCUT2D eigenvalue weighted by Gasteiger charge is 2.27. The largest absolute Gasteiger partial charge is 0.361 e. The Bertz CT molecular complexity index is 832. The van der Waals surface area contributed by atoms with Gasteiger partial charge >= 0.3 is 0 Å². The summed E-state index contributed by atoms with van der Waals surface area (Å²) in [5, 5.41) is 7.77. The van der Waals surface area contributed by atoms with E-state index in [-0.39, 0.29) is 35.6 Å². The molecule has 3 N–H and O–H groups in total. The van der Waals surface area contributed by atoms with Crippen LogP contribution in [0.25, 0.3) is 10.9 Å². The van der Waals surface area contributed by atoms with Crippen molar-refractivity contribution in [3.8, 4) is 0 Å². The molecule has 1 atom stereocenters. The summed E-state index contributed by atoms with van der Waals surface area (Å²) in [5.74, 6) is 1.50. The highest BCUT2D eigenvalue weighted by Crippen LogP contribution is 2.18. The number of sulfone groups is 1. The standard InChI is InChI=1S/C17H24N4O2S.HI/c1-18-17(21-10-13-7-9-24(22,23)12-13)19-8-6-14-11-20-16-5-3-2-4-15(14)16;/h2-5,11,13,20H,6-10,12H2,1H3,(H2,18,19,21);1H. The first kappa shape index (κ1) is 20.0. The summed E-state index contributed by atoms with van der Waals surface area (Å²) in [6.07, 6.45) is 3.68. The van der Waals surface area contributed by atoms with Gasteiger partial charge in [0, 0.05) is 37.2 Å². The van der Waals surface area contributed by atoms with Gasteiger partial charge in [0.15, 0.2) is 15.8 Å². The summed E-state index contributed by atoms with van der Waals surface area (Å²) in [4.78, 5) is 7.48. The number of fused-ring (bicyclic) bond motifs is 1. The molecule has 6 nitrogen and oxygen atoms in total. The predicted molar refractivity (Wildman–Crippen MR) is 114 cm³/mol. The number of aliphatic imine (C=N–C) groups is 1. The topological polar surface area (TPSA) is 86.3 Å². The van der Waals surface area contributed by atoms with E-state index >= 15 is 0 Å². The average molecular weight is 476 g/mol. The summed E-state index contributed by atoms with van der Waals surface area (Å²) < 4.78 is 23.0. The second-order valence-corrected chi connectivity index (χ2v) is 8.49. The predicted octanol–water partition coefficient (Wildman–Crippen LogP) is 1.93. The summed E-state index contributed by atoms with van der Waals surface area (Å²) in [6.45, 7) is 1.41. The van der Waals surface area contributed by atoms with Crippen LogP contribution in [0.5, 0.6) is 0 Å². The number of benzene rings is 1. The SMILES string of the molecule is CN=C(NCCc1c[nH]c2ccccc12)NCC1CCS(=O)(=O)C1.I. The lowest BCUT2D eigenvalue weighted by Crippen LogP contribution is -2.40. The van der Waals surface area contributed by atoms with Gasteiger partial charge in [0.25, 0.3) is 0 Å². The minimum atomic E-state index is -2.82. The van der Waals surface area contributed by atoms with Crippen molar-refractivity contribution < 1.29 is 8.42 Å². The van der Waals surface area contributed by atoms with E-state index in [9.17, 15) is 8.42 Å². The molecule has 0 amide bonds. The summed E-state index contributed by atoms with van der Waals surface area (Å²) in [7, 11) is -1.09. The zero-order valence-corrected chi connectivity index (χ0v) is 17.4. The number of H-pyrrole nitrogens is 1. The number of aromatic amines is 1. The number of aromatic nitrogens is 1. The van der Waals surface area contributed by atoms with Crippen molar-refractivity contribution in [2.45, 2.75) is 12.8 Å². The van der Waals surface area contributed by atoms with E-state index in [0.29, 0.717) is 12.3 Å². The molecule has 3 rings (SSSR count). The fraction of sp³-hybridized carbons (Fsp3) is 0.471. The Labute approximate surface area is 165 Å². The number of rotatable bonds is 5. The maximum Gasteiger partial charge on any atom is 0.190 e. The van der Waals surface area contributed by atoms with Gasteiger partial charge in [-0.15, -0.1) is 24.0 Å². The molecule has 1 unspecified atom stereocenters. The van der Waals surface area contributed by atoms with E-state index in [1.54, 1.807) is 7.05 Å². The van der Waals surface area contributed by atoms with Gasteiger partial charge < -0.3 is 15.6 Å². The number of nitrogens with zero attached hydrogens (tertiary/aromatic N) is 1. The second-order valence-electron chi connectivity index (χ2n) is 6.26. The van der Waals surface area contributed by atoms with Crippen LogP contribution in [0.3, 0.4) is 0 Å². The van der Waals surface area contributed by atoms with Crippen LogP contribution in [0, 0.1) is 5.92 Å². The normalized spacial score (nSPS) is 19.6. The quantitative estimate of drug-likeness (QED) is 0.350. The molecule has 0 radical (unpaired) electrons. The molecule has 1 fully saturated rings. The summed E-state index contributed by atoms with van der Waals surface area (Å²) in [5.41, 5.74) is 2.42. The number of guanidine groups is 1. The molecule has 1 saturated heterocycles. The van der Waals surface area contributed by atoms with E-state index in [4.69, 9.17) is 0 Å². The maximum atomic E-state index is 11.5. The van der Waals surface area contributed by atoms with E-state index in [2.05, 4.69) is 32.7 Å². The monoisotopic (exact) mass is 476 g/mol. The molecule has 1 aromatic carbocycles. The van der Waals surface area contributed by atoms with Crippen molar-refractivity contribution in [3.63, 3.8) is 0 Å². The molecular formula is C17H25IN4O2S. The van der Waals surface area contributed by atoms with E-state index in [1.165, 1.54) is 10.9 Å². The van der Waals surface area contributed by atoms with Crippen molar-refractivity contribution in [1.82, 2.24) is 15.6 Å². The van der Waals surface area contributed by atoms with Crippen LogP contribution in [0.2, 0.25) is 0 Å². The number of hydrogen-bond donors (Lipinski definition) is 3. The summed E-state index contributed by atoms with van der Waals surface area (Å²) >= 11 is 0. The molecule has 0 saturated carbocycles. The third-order valence-corrected chi connectivity index (χ3v) is 6.31. The Balaban J connectivity index is 0.00000225. The lowest BCUT2D eigenvalue weighted by Gasteiger charge is -2.14. The van der Waals surface area contributed by atoms with Gasteiger partial charge in [-0.05, 0) is 30.4 Å². The van der Waals surface area contributed by atoms with Gasteiger partial charge in [-0.2, -0.15) is 0 Å². The molecule has 138 valence electrons. The van der Waals surface area contributed by atoms with Gasteiger partial charge in [0.1, 0.15) is 0 Å². The molecule has 1 aliphatic rings. The van der Waals surface area contributed by atoms with Crippen LogP contribution < -0.4 is 10.6 Å². The van der Waals surface area contributed by atoms with Crippen molar-refractivity contribution in [2.75, 3.05) is 31.6 Å². The fourth-order valence-electron chi connectivity index (χ4n) is 3.15. The van der Waals surface area contributed by atoms with Gasteiger partial charge in [-0.1, -0.05) is 18.2 Å². The minimum absolute atomic E-state index is 0. The van der Waals surface area contributed by atoms with Crippen molar-refractivity contribution in [2.24, 2.45) is 10.9 Å². The van der Waals surface area contributed by atoms with Gasteiger partial charge in [0.05, 0.1) is 11.5 Å². The third kappa shape index (κ3) is 5.34. The van der Waals surface area contributed by atoms with E-state index < -0.39 is 9.84 Å². The first-order chi connectivity index (χ1) is 11.6. The Kier molecular flexibility index (Phi) is 7.12. The van der Waals surface area contributed by atoms with Crippen LogP contribution in [0.4, 0.5) is 0 Å². The van der Waals surface area contributed by atoms with Crippen LogP contribution in [-0.2, 0) is 16.3 Å². The van der Waals surface area contributed by atoms with E-state index in [0.717, 1.165) is 30.9 Å². The van der Waals surface area contributed by atoms with E-state index in [1.807, 2.05) is 18.3 Å². The van der Waals surface area contributed by atoms with Crippen molar-refractivity contribution >= 4 is 50.7 Å². The Morgan fingerprint density at radius 3 is 2.84 bits per heavy atom. The van der Waals surface area contributed by atoms with Gasteiger partial charge in [-0.3, -0.25) is 4.99 Å². The fourth-order valence-corrected chi connectivity index (χ4v) is 5.01. The zero-order chi connectivity index (χ0) is 17.0.